The molecular weight excluding hydrogens is 270 g/mol. The molecule has 114 valence electrons. The lowest BCUT2D eigenvalue weighted by molar-refractivity contribution is 0.415. The van der Waals surface area contributed by atoms with Crippen LogP contribution in [0.15, 0.2) is 66.7 Å². The Morgan fingerprint density at radius 1 is 1.09 bits per heavy atom. The van der Waals surface area contributed by atoms with Gasteiger partial charge in [-0.2, -0.15) is 0 Å². The normalized spacial score (nSPS) is 17.8. The van der Waals surface area contributed by atoms with Gasteiger partial charge >= 0.3 is 0 Å². The molecule has 22 heavy (non-hydrogen) atoms. The van der Waals surface area contributed by atoms with Crippen LogP contribution in [0.3, 0.4) is 0 Å². The van der Waals surface area contributed by atoms with Crippen LogP contribution in [0.4, 0.5) is 5.69 Å². The molecule has 0 spiro atoms. The summed E-state index contributed by atoms with van der Waals surface area (Å²) in [4.78, 5) is 2.48. The van der Waals surface area contributed by atoms with E-state index in [4.69, 9.17) is 4.74 Å². The quantitative estimate of drug-likeness (QED) is 0.755. The van der Waals surface area contributed by atoms with Crippen LogP contribution in [0.5, 0.6) is 5.75 Å². The Balaban J connectivity index is 1.70. The third kappa shape index (κ3) is 3.33. The van der Waals surface area contributed by atoms with Crippen LogP contribution < -0.4 is 9.64 Å². The standard InChI is InChI=1S/C20H23NO/c1-16-14-19(9-8-17-6-4-3-5-7-17)21(15-16)18-10-12-20(22-2)13-11-18/h3-7,10-13,19H,1,8-9,14-15H2,2H3. The molecule has 1 aliphatic heterocycles. The van der Waals surface area contributed by atoms with Crippen LogP contribution in [0.25, 0.3) is 0 Å². The van der Waals surface area contributed by atoms with E-state index in [-0.39, 0.29) is 0 Å². The monoisotopic (exact) mass is 293 g/mol. The van der Waals surface area contributed by atoms with E-state index in [1.807, 2.05) is 12.1 Å². The largest absolute Gasteiger partial charge is 0.497 e. The molecule has 0 aromatic heterocycles. The van der Waals surface area contributed by atoms with E-state index in [2.05, 4.69) is 53.9 Å². The van der Waals surface area contributed by atoms with E-state index in [0.717, 1.165) is 31.6 Å². The predicted octanol–water partition coefficient (Wildman–Crippen LogP) is 4.46. The molecule has 2 aromatic carbocycles. The smallest absolute Gasteiger partial charge is 0.119 e. The van der Waals surface area contributed by atoms with Crippen molar-refractivity contribution >= 4 is 5.69 Å². The molecule has 0 saturated carbocycles. The van der Waals surface area contributed by atoms with E-state index in [1.54, 1.807) is 7.11 Å². The second-order valence-electron chi connectivity index (χ2n) is 5.96. The van der Waals surface area contributed by atoms with Gasteiger partial charge in [-0.1, -0.05) is 42.5 Å². The molecule has 1 fully saturated rings. The minimum absolute atomic E-state index is 0.543. The van der Waals surface area contributed by atoms with Gasteiger partial charge in [0.15, 0.2) is 0 Å². The summed E-state index contributed by atoms with van der Waals surface area (Å²) in [6.45, 7) is 5.17. The number of hydrogen-bond donors (Lipinski definition) is 0. The van der Waals surface area contributed by atoms with Crippen molar-refractivity contribution in [3.8, 4) is 5.75 Å². The second-order valence-corrected chi connectivity index (χ2v) is 5.96. The maximum atomic E-state index is 5.25. The summed E-state index contributed by atoms with van der Waals surface area (Å²) in [5.74, 6) is 0.905. The first-order valence-electron chi connectivity index (χ1n) is 7.87. The molecule has 2 nitrogen and oxygen atoms in total. The molecule has 1 atom stereocenters. The summed E-state index contributed by atoms with van der Waals surface area (Å²) in [6.07, 6.45) is 3.37. The van der Waals surface area contributed by atoms with Crippen molar-refractivity contribution in [2.45, 2.75) is 25.3 Å². The van der Waals surface area contributed by atoms with Crippen LogP contribution in [-0.2, 0) is 6.42 Å². The minimum Gasteiger partial charge on any atom is -0.497 e. The molecule has 3 rings (SSSR count). The van der Waals surface area contributed by atoms with Gasteiger partial charge in [-0.25, -0.2) is 0 Å². The first-order valence-corrected chi connectivity index (χ1v) is 7.87. The molecule has 1 unspecified atom stereocenters. The maximum absolute atomic E-state index is 5.25. The molecule has 0 aliphatic carbocycles. The van der Waals surface area contributed by atoms with Gasteiger partial charge < -0.3 is 9.64 Å². The maximum Gasteiger partial charge on any atom is 0.119 e. The molecule has 2 heteroatoms. The number of hydrogen-bond acceptors (Lipinski definition) is 2. The average Bonchev–Trinajstić information content (AvgIpc) is 2.95. The fraction of sp³-hybridized carbons (Fsp3) is 0.300. The van der Waals surface area contributed by atoms with Gasteiger partial charge in [0, 0.05) is 18.3 Å². The Kier molecular flexibility index (Phi) is 4.47. The van der Waals surface area contributed by atoms with Crippen LogP contribution >= 0.6 is 0 Å². The highest BCUT2D eigenvalue weighted by Crippen LogP contribution is 2.31. The lowest BCUT2D eigenvalue weighted by Gasteiger charge is -2.26. The van der Waals surface area contributed by atoms with Crippen molar-refractivity contribution in [1.82, 2.24) is 0 Å². The van der Waals surface area contributed by atoms with Gasteiger partial charge in [0.1, 0.15) is 5.75 Å². The molecule has 1 heterocycles. The second kappa shape index (κ2) is 6.69. The number of rotatable bonds is 5. The third-order valence-corrected chi connectivity index (χ3v) is 4.37. The SMILES string of the molecule is C=C1CC(CCc2ccccc2)N(c2ccc(OC)cc2)C1. The molecule has 0 bridgehead atoms. The van der Waals surface area contributed by atoms with Crippen molar-refractivity contribution in [3.63, 3.8) is 0 Å². The molecule has 0 N–H and O–H groups in total. The highest BCUT2D eigenvalue weighted by molar-refractivity contribution is 5.53. The number of benzene rings is 2. The zero-order valence-electron chi connectivity index (χ0n) is 13.2. The molecule has 1 saturated heterocycles. The van der Waals surface area contributed by atoms with E-state index in [1.165, 1.54) is 16.8 Å². The van der Waals surface area contributed by atoms with Gasteiger partial charge in [0.25, 0.3) is 0 Å². The molecular formula is C20H23NO. The Hall–Kier alpha value is -2.22. The number of methoxy groups -OCH3 is 1. The lowest BCUT2D eigenvalue weighted by atomic mass is 10.0. The van der Waals surface area contributed by atoms with Gasteiger partial charge in [-0.3, -0.25) is 0 Å². The predicted molar refractivity (Wildman–Crippen MR) is 92.6 cm³/mol. The highest BCUT2D eigenvalue weighted by atomic mass is 16.5. The van der Waals surface area contributed by atoms with Gasteiger partial charge in [-0.15, -0.1) is 0 Å². The number of anilines is 1. The van der Waals surface area contributed by atoms with Crippen LogP contribution in [0.2, 0.25) is 0 Å². The molecule has 0 radical (unpaired) electrons. The van der Waals surface area contributed by atoms with Crippen molar-refractivity contribution < 1.29 is 4.74 Å². The topological polar surface area (TPSA) is 12.5 Å². The first-order chi connectivity index (χ1) is 10.8. The van der Waals surface area contributed by atoms with Crippen molar-refractivity contribution in [1.29, 1.82) is 0 Å². The Morgan fingerprint density at radius 2 is 1.82 bits per heavy atom. The van der Waals surface area contributed by atoms with E-state index < -0.39 is 0 Å². The van der Waals surface area contributed by atoms with E-state index >= 15 is 0 Å². The summed E-state index contributed by atoms with van der Waals surface area (Å²) >= 11 is 0. The Bertz CT molecular complexity index is 618. The van der Waals surface area contributed by atoms with Crippen molar-refractivity contribution in [2.75, 3.05) is 18.6 Å². The number of ether oxygens (including phenoxy) is 1. The number of nitrogens with zero attached hydrogens (tertiary/aromatic N) is 1. The minimum atomic E-state index is 0.543. The first kappa shape index (κ1) is 14.7. The fourth-order valence-corrected chi connectivity index (χ4v) is 3.19. The zero-order valence-corrected chi connectivity index (χ0v) is 13.2. The van der Waals surface area contributed by atoms with Crippen LogP contribution in [-0.4, -0.2) is 19.7 Å². The molecule has 0 amide bonds. The summed E-state index contributed by atoms with van der Waals surface area (Å²) in [6, 6.07) is 19.6. The summed E-state index contributed by atoms with van der Waals surface area (Å²) in [5.41, 5.74) is 4.00. The third-order valence-electron chi connectivity index (χ3n) is 4.37. The summed E-state index contributed by atoms with van der Waals surface area (Å²) in [7, 11) is 1.70. The zero-order chi connectivity index (χ0) is 15.4. The highest BCUT2D eigenvalue weighted by Gasteiger charge is 2.26. The van der Waals surface area contributed by atoms with Gasteiger partial charge in [0.05, 0.1) is 7.11 Å². The van der Waals surface area contributed by atoms with E-state index in [0.29, 0.717) is 6.04 Å². The summed E-state index contributed by atoms with van der Waals surface area (Å²) < 4.78 is 5.25. The van der Waals surface area contributed by atoms with Crippen LogP contribution in [0, 0.1) is 0 Å². The Labute approximate surface area is 133 Å². The average molecular weight is 293 g/mol. The van der Waals surface area contributed by atoms with Crippen LogP contribution in [0.1, 0.15) is 18.4 Å². The molecule has 2 aromatic rings. The van der Waals surface area contributed by atoms with Gasteiger partial charge in [0.2, 0.25) is 0 Å². The van der Waals surface area contributed by atoms with Gasteiger partial charge in [-0.05, 0) is 49.1 Å². The van der Waals surface area contributed by atoms with E-state index in [9.17, 15) is 0 Å². The molecule has 1 aliphatic rings. The van der Waals surface area contributed by atoms with Crippen molar-refractivity contribution in [3.05, 3.63) is 72.3 Å². The fourth-order valence-electron chi connectivity index (χ4n) is 3.19. The summed E-state index contributed by atoms with van der Waals surface area (Å²) in [5, 5.41) is 0. The lowest BCUT2D eigenvalue weighted by Crippen LogP contribution is -2.29. The number of aryl methyl sites for hydroxylation is 1. The van der Waals surface area contributed by atoms with Crippen molar-refractivity contribution in [2.24, 2.45) is 0 Å². The Morgan fingerprint density at radius 3 is 2.50 bits per heavy atom.